The van der Waals surface area contributed by atoms with Gasteiger partial charge in [0.2, 0.25) is 11.8 Å². The van der Waals surface area contributed by atoms with E-state index in [9.17, 15) is 18.0 Å². The van der Waals surface area contributed by atoms with Crippen LogP contribution in [0.25, 0.3) is 0 Å². The molecule has 0 aliphatic carbocycles. The Morgan fingerprint density at radius 1 is 1.06 bits per heavy atom. The number of methoxy groups -OCH3 is 1. The summed E-state index contributed by atoms with van der Waals surface area (Å²) >= 11 is 0. The van der Waals surface area contributed by atoms with E-state index in [1.165, 1.54) is 19.2 Å². The highest BCUT2D eigenvalue weighted by atomic mass is 32.2. The van der Waals surface area contributed by atoms with Gasteiger partial charge in [0.25, 0.3) is 10.0 Å². The molecule has 0 aromatic heterocycles. The zero-order chi connectivity index (χ0) is 25.0. The maximum absolute atomic E-state index is 13.5. The third-order valence-electron chi connectivity index (χ3n) is 5.83. The minimum Gasteiger partial charge on any atom is -0.495 e. The van der Waals surface area contributed by atoms with Crippen molar-refractivity contribution in [3.05, 3.63) is 78.4 Å². The SMILES string of the molecule is COc1ccccc1N(CC(=O)Nc1ccc(C)c(N2CCCC2=O)c1)S(=O)(=O)c1ccccc1. The largest absolute Gasteiger partial charge is 0.495 e. The number of hydrogen-bond acceptors (Lipinski definition) is 5. The van der Waals surface area contributed by atoms with Crippen molar-refractivity contribution in [2.45, 2.75) is 24.7 Å². The first-order valence-corrected chi connectivity index (χ1v) is 12.7. The molecule has 1 saturated heterocycles. The summed E-state index contributed by atoms with van der Waals surface area (Å²) in [4.78, 5) is 27.1. The van der Waals surface area contributed by atoms with E-state index in [1.807, 2.05) is 13.0 Å². The van der Waals surface area contributed by atoms with Crippen LogP contribution in [0.15, 0.2) is 77.7 Å². The molecule has 8 nitrogen and oxygen atoms in total. The van der Waals surface area contributed by atoms with Crippen molar-refractivity contribution in [2.24, 2.45) is 0 Å². The third kappa shape index (κ3) is 5.14. The average molecular weight is 494 g/mol. The summed E-state index contributed by atoms with van der Waals surface area (Å²) in [5.74, 6) is -0.157. The van der Waals surface area contributed by atoms with E-state index >= 15 is 0 Å². The fraction of sp³-hybridized carbons (Fsp3) is 0.231. The second-order valence-corrected chi connectivity index (χ2v) is 10.1. The van der Waals surface area contributed by atoms with Crippen LogP contribution in [0.2, 0.25) is 0 Å². The van der Waals surface area contributed by atoms with Gasteiger partial charge in [-0.3, -0.25) is 13.9 Å². The Kier molecular flexibility index (Phi) is 7.07. The molecular formula is C26H27N3O5S. The van der Waals surface area contributed by atoms with Gasteiger partial charge in [0.05, 0.1) is 17.7 Å². The summed E-state index contributed by atoms with van der Waals surface area (Å²) in [6.45, 7) is 2.07. The van der Waals surface area contributed by atoms with Crippen molar-refractivity contribution in [2.75, 3.05) is 34.7 Å². The molecule has 35 heavy (non-hydrogen) atoms. The van der Waals surface area contributed by atoms with Gasteiger partial charge >= 0.3 is 0 Å². The Morgan fingerprint density at radius 2 is 1.77 bits per heavy atom. The third-order valence-corrected chi connectivity index (χ3v) is 7.60. The molecule has 1 N–H and O–H groups in total. The lowest BCUT2D eigenvalue weighted by atomic mass is 10.1. The monoisotopic (exact) mass is 493 g/mol. The fourth-order valence-corrected chi connectivity index (χ4v) is 5.52. The number of nitrogens with one attached hydrogen (secondary N) is 1. The Balaban J connectivity index is 1.64. The summed E-state index contributed by atoms with van der Waals surface area (Å²) < 4.78 is 33.5. The Labute approximate surface area is 205 Å². The molecule has 0 radical (unpaired) electrons. The summed E-state index contributed by atoms with van der Waals surface area (Å²) in [6, 6.07) is 19.9. The number of carbonyl (C=O) groups is 2. The van der Waals surface area contributed by atoms with Gasteiger partial charge in [0, 0.05) is 24.3 Å². The van der Waals surface area contributed by atoms with Gasteiger partial charge < -0.3 is 15.0 Å². The first-order chi connectivity index (χ1) is 16.8. The van der Waals surface area contributed by atoms with Crippen molar-refractivity contribution >= 4 is 38.9 Å². The second-order valence-electron chi connectivity index (χ2n) is 8.19. The minimum atomic E-state index is -4.07. The van der Waals surface area contributed by atoms with Crippen LogP contribution < -0.4 is 19.3 Å². The molecule has 0 unspecified atom stereocenters. The average Bonchev–Trinajstić information content (AvgIpc) is 3.29. The Hall–Kier alpha value is -3.85. The van der Waals surface area contributed by atoms with Gasteiger partial charge in [-0.25, -0.2) is 8.42 Å². The zero-order valence-corrected chi connectivity index (χ0v) is 20.4. The molecular weight excluding hydrogens is 466 g/mol. The number of carbonyl (C=O) groups excluding carboxylic acids is 2. The number of aryl methyl sites for hydroxylation is 1. The Morgan fingerprint density at radius 3 is 2.46 bits per heavy atom. The highest BCUT2D eigenvalue weighted by Gasteiger charge is 2.29. The molecule has 2 amide bonds. The molecule has 3 aromatic rings. The van der Waals surface area contributed by atoms with Crippen LogP contribution in [-0.2, 0) is 19.6 Å². The van der Waals surface area contributed by atoms with Gasteiger partial charge in [0.1, 0.15) is 12.3 Å². The van der Waals surface area contributed by atoms with E-state index in [1.54, 1.807) is 59.5 Å². The summed E-state index contributed by atoms with van der Waals surface area (Å²) in [5, 5.41) is 2.79. The predicted octanol–water partition coefficient (Wildman–Crippen LogP) is 3.96. The van der Waals surface area contributed by atoms with Gasteiger partial charge in [-0.1, -0.05) is 36.4 Å². The van der Waals surface area contributed by atoms with Gasteiger partial charge in [-0.2, -0.15) is 0 Å². The quantitative estimate of drug-likeness (QED) is 0.512. The lowest BCUT2D eigenvalue weighted by molar-refractivity contribution is -0.117. The molecule has 1 aliphatic rings. The van der Waals surface area contributed by atoms with E-state index in [0.29, 0.717) is 24.4 Å². The van der Waals surface area contributed by atoms with Crippen LogP contribution in [0, 0.1) is 6.92 Å². The smallest absolute Gasteiger partial charge is 0.264 e. The lowest BCUT2D eigenvalue weighted by Gasteiger charge is -2.26. The number of benzene rings is 3. The number of ether oxygens (including phenoxy) is 1. The van der Waals surface area contributed by atoms with Crippen LogP contribution in [0.1, 0.15) is 18.4 Å². The van der Waals surface area contributed by atoms with E-state index in [4.69, 9.17) is 4.74 Å². The standard InChI is InChI=1S/C26H27N3O5S/c1-19-14-15-20(17-23(19)28-16-8-13-26(28)31)27-25(30)18-29(22-11-6-7-12-24(22)34-2)35(32,33)21-9-4-3-5-10-21/h3-7,9-12,14-15,17H,8,13,16,18H2,1-2H3,(H,27,30). The number of nitrogens with zero attached hydrogens (tertiary/aromatic N) is 2. The highest BCUT2D eigenvalue weighted by molar-refractivity contribution is 7.92. The van der Waals surface area contributed by atoms with Crippen molar-refractivity contribution in [1.29, 1.82) is 0 Å². The first-order valence-electron chi connectivity index (χ1n) is 11.2. The van der Waals surface area contributed by atoms with E-state index < -0.39 is 22.5 Å². The van der Waals surface area contributed by atoms with E-state index in [0.717, 1.165) is 22.0 Å². The molecule has 3 aromatic carbocycles. The van der Waals surface area contributed by atoms with E-state index in [-0.39, 0.29) is 16.5 Å². The number of sulfonamides is 1. The number of para-hydroxylation sites is 2. The number of rotatable bonds is 8. The van der Waals surface area contributed by atoms with Crippen LogP contribution in [0.3, 0.4) is 0 Å². The van der Waals surface area contributed by atoms with Crippen LogP contribution >= 0.6 is 0 Å². The highest BCUT2D eigenvalue weighted by Crippen LogP contribution is 2.32. The van der Waals surface area contributed by atoms with Crippen LogP contribution in [0.5, 0.6) is 5.75 Å². The molecule has 1 aliphatic heterocycles. The fourth-order valence-electron chi connectivity index (χ4n) is 4.07. The summed E-state index contributed by atoms with van der Waals surface area (Å²) in [6.07, 6.45) is 1.29. The van der Waals surface area contributed by atoms with Gasteiger partial charge in [-0.05, 0) is 55.3 Å². The van der Waals surface area contributed by atoms with Gasteiger partial charge in [0.15, 0.2) is 0 Å². The molecule has 9 heteroatoms. The van der Waals surface area contributed by atoms with Crippen molar-refractivity contribution in [3.63, 3.8) is 0 Å². The molecule has 1 fully saturated rings. The lowest BCUT2D eigenvalue weighted by Crippen LogP contribution is -2.38. The molecule has 0 bridgehead atoms. The van der Waals surface area contributed by atoms with Gasteiger partial charge in [-0.15, -0.1) is 0 Å². The first kappa shape index (κ1) is 24.3. The summed E-state index contributed by atoms with van der Waals surface area (Å²) in [7, 11) is -2.63. The Bertz CT molecular complexity index is 1340. The molecule has 0 saturated carbocycles. The number of hydrogen-bond donors (Lipinski definition) is 1. The van der Waals surface area contributed by atoms with Crippen molar-refractivity contribution in [3.8, 4) is 5.75 Å². The minimum absolute atomic E-state index is 0.0490. The maximum atomic E-state index is 13.5. The van der Waals surface area contributed by atoms with E-state index in [2.05, 4.69) is 5.32 Å². The molecule has 182 valence electrons. The summed E-state index contributed by atoms with van der Waals surface area (Å²) in [5.41, 5.74) is 2.39. The second kappa shape index (κ2) is 10.2. The molecule has 4 rings (SSSR count). The predicted molar refractivity (Wildman–Crippen MR) is 135 cm³/mol. The van der Waals surface area contributed by atoms with Crippen LogP contribution in [-0.4, -0.2) is 40.4 Å². The molecule has 1 heterocycles. The normalized spacial score (nSPS) is 13.5. The van der Waals surface area contributed by atoms with Crippen molar-refractivity contribution < 1.29 is 22.7 Å². The topological polar surface area (TPSA) is 96.0 Å². The van der Waals surface area contributed by atoms with Crippen molar-refractivity contribution in [1.82, 2.24) is 0 Å². The number of amides is 2. The maximum Gasteiger partial charge on any atom is 0.264 e. The molecule has 0 spiro atoms. The van der Waals surface area contributed by atoms with Crippen LogP contribution in [0.4, 0.5) is 17.1 Å². The molecule has 0 atom stereocenters. The number of anilines is 3. The zero-order valence-electron chi connectivity index (χ0n) is 19.6.